The fraction of sp³-hybridized carbons (Fsp3) is 0.571. The number of hydrogen-bond donors (Lipinski definition) is 1. The van der Waals surface area contributed by atoms with Crippen LogP contribution < -0.4 is 5.32 Å². The van der Waals surface area contributed by atoms with E-state index in [-0.39, 0.29) is 17.9 Å². The number of rotatable bonds is 7. The smallest absolute Gasteiger partial charge is 0.230 e. The number of likely N-dealkylation sites (tertiary alicyclic amines) is 1. The average Bonchev–Trinajstić information content (AvgIpc) is 3.09. The minimum absolute atomic E-state index is 0.110. The van der Waals surface area contributed by atoms with Crippen molar-refractivity contribution in [1.82, 2.24) is 20.4 Å². The zero-order chi connectivity index (χ0) is 19.2. The van der Waals surface area contributed by atoms with Gasteiger partial charge in [0.05, 0.1) is 13.0 Å². The van der Waals surface area contributed by atoms with Crippen LogP contribution in [0.3, 0.4) is 0 Å². The Morgan fingerprint density at radius 2 is 1.81 bits per heavy atom. The van der Waals surface area contributed by atoms with Crippen LogP contribution in [0.5, 0.6) is 0 Å². The van der Waals surface area contributed by atoms with Gasteiger partial charge in [0.1, 0.15) is 0 Å². The summed E-state index contributed by atoms with van der Waals surface area (Å²) in [7, 11) is 0. The number of aromatic nitrogens is 2. The van der Waals surface area contributed by atoms with Crippen LogP contribution in [0, 0.1) is 11.8 Å². The number of hydrogen-bond acceptors (Lipinski definition) is 5. The Bertz CT molecular complexity index is 721. The van der Waals surface area contributed by atoms with Crippen LogP contribution in [0.4, 0.5) is 0 Å². The van der Waals surface area contributed by atoms with Crippen LogP contribution in [0.25, 0.3) is 0 Å². The minimum Gasteiger partial charge on any atom is -0.424 e. The molecule has 1 fully saturated rings. The highest BCUT2D eigenvalue weighted by Crippen LogP contribution is 2.20. The Labute approximate surface area is 161 Å². The predicted octanol–water partition coefficient (Wildman–Crippen LogP) is 3.03. The summed E-state index contributed by atoms with van der Waals surface area (Å²) < 4.78 is 5.80. The van der Waals surface area contributed by atoms with Crippen LogP contribution in [0.2, 0.25) is 0 Å². The standard InChI is InChI=1S/C21H30N4O2/c1-15(2)16(3)22-21(26)18-9-11-25(12-10-18)14-20-24-23-19(27-20)13-17-7-5-4-6-8-17/h4-8,15-16,18H,9-14H2,1-3H3,(H,22,26). The monoisotopic (exact) mass is 370 g/mol. The Hall–Kier alpha value is -2.21. The number of nitrogens with zero attached hydrogens (tertiary/aromatic N) is 3. The van der Waals surface area contributed by atoms with E-state index >= 15 is 0 Å². The quantitative estimate of drug-likeness (QED) is 0.811. The second-order valence-corrected chi connectivity index (χ2v) is 7.84. The summed E-state index contributed by atoms with van der Waals surface area (Å²) in [5, 5.41) is 11.5. The van der Waals surface area contributed by atoms with Crippen LogP contribution >= 0.6 is 0 Å². The summed E-state index contributed by atoms with van der Waals surface area (Å²) in [6.45, 7) is 8.74. The third kappa shape index (κ3) is 5.63. The van der Waals surface area contributed by atoms with E-state index in [0.717, 1.165) is 31.5 Å². The largest absolute Gasteiger partial charge is 0.424 e. The first-order valence-corrected chi connectivity index (χ1v) is 9.89. The summed E-state index contributed by atoms with van der Waals surface area (Å²) >= 11 is 0. The maximum Gasteiger partial charge on any atom is 0.230 e. The molecule has 27 heavy (non-hydrogen) atoms. The van der Waals surface area contributed by atoms with E-state index < -0.39 is 0 Å². The first kappa shape index (κ1) is 19.5. The van der Waals surface area contributed by atoms with E-state index in [1.807, 2.05) is 18.2 Å². The molecule has 0 saturated carbocycles. The van der Waals surface area contributed by atoms with Gasteiger partial charge in [-0.2, -0.15) is 0 Å². The molecule has 1 aromatic carbocycles. The van der Waals surface area contributed by atoms with E-state index in [4.69, 9.17) is 4.42 Å². The molecule has 1 aliphatic rings. The Kier molecular flexibility index (Phi) is 6.61. The summed E-state index contributed by atoms with van der Waals surface area (Å²) in [5.41, 5.74) is 1.16. The van der Waals surface area contributed by atoms with Crippen molar-refractivity contribution in [3.8, 4) is 0 Å². The first-order chi connectivity index (χ1) is 13.0. The fourth-order valence-corrected chi connectivity index (χ4v) is 3.25. The van der Waals surface area contributed by atoms with Gasteiger partial charge in [0.15, 0.2) is 0 Å². The lowest BCUT2D eigenvalue weighted by Gasteiger charge is -2.31. The number of carbonyl (C=O) groups is 1. The molecule has 1 aromatic heterocycles. The van der Waals surface area contributed by atoms with Gasteiger partial charge in [0.2, 0.25) is 17.7 Å². The molecule has 3 rings (SSSR count). The maximum absolute atomic E-state index is 12.4. The molecule has 1 atom stereocenters. The second kappa shape index (κ2) is 9.13. The van der Waals surface area contributed by atoms with Gasteiger partial charge in [-0.1, -0.05) is 44.2 Å². The van der Waals surface area contributed by atoms with Crippen LogP contribution in [0.1, 0.15) is 51.0 Å². The third-order valence-corrected chi connectivity index (χ3v) is 5.39. The average molecular weight is 370 g/mol. The molecule has 1 N–H and O–H groups in total. The summed E-state index contributed by atoms with van der Waals surface area (Å²) in [6.07, 6.45) is 2.41. The number of benzene rings is 1. The zero-order valence-electron chi connectivity index (χ0n) is 16.5. The van der Waals surface area contributed by atoms with Gasteiger partial charge in [-0.25, -0.2) is 0 Å². The number of nitrogens with one attached hydrogen (secondary N) is 1. The molecule has 146 valence electrons. The van der Waals surface area contributed by atoms with E-state index in [0.29, 0.717) is 30.7 Å². The highest BCUT2D eigenvalue weighted by atomic mass is 16.4. The molecule has 6 heteroatoms. The molecule has 0 radical (unpaired) electrons. The molecule has 1 aliphatic heterocycles. The molecule has 1 amide bonds. The number of piperidine rings is 1. The van der Waals surface area contributed by atoms with E-state index in [9.17, 15) is 4.79 Å². The summed E-state index contributed by atoms with van der Waals surface area (Å²) in [6, 6.07) is 10.3. The third-order valence-electron chi connectivity index (χ3n) is 5.39. The highest BCUT2D eigenvalue weighted by molar-refractivity contribution is 5.79. The normalized spacial score (nSPS) is 17.2. The van der Waals surface area contributed by atoms with Gasteiger partial charge < -0.3 is 9.73 Å². The van der Waals surface area contributed by atoms with Crippen LogP contribution in [-0.2, 0) is 17.8 Å². The maximum atomic E-state index is 12.4. The first-order valence-electron chi connectivity index (χ1n) is 9.89. The molecule has 2 heterocycles. The summed E-state index contributed by atoms with van der Waals surface area (Å²) in [4.78, 5) is 14.7. The minimum atomic E-state index is 0.110. The molecule has 1 unspecified atom stereocenters. The SMILES string of the molecule is CC(C)C(C)NC(=O)C1CCN(Cc2nnc(Cc3ccccc3)o2)CC1. The van der Waals surface area contributed by atoms with Crippen LogP contribution in [-0.4, -0.2) is 40.1 Å². The van der Waals surface area contributed by atoms with Crippen molar-refractivity contribution < 1.29 is 9.21 Å². The van der Waals surface area contributed by atoms with Gasteiger partial charge in [0, 0.05) is 12.0 Å². The molecule has 1 saturated heterocycles. The Morgan fingerprint density at radius 1 is 1.15 bits per heavy atom. The van der Waals surface area contributed by atoms with Crippen molar-refractivity contribution in [2.24, 2.45) is 11.8 Å². The Balaban J connectivity index is 1.45. The van der Waals surface area contributed by atoms with Crippen molar-refractivity contribution in [1.29, 1.82) is 0 Å². The molecule has 0 bridgehead atoms. The zero-order valence-corrected chi connectivity index (χ0v) is 16.5. The molecule has 2 aromatic rings. The lowest BCUT2D eigenvalue weighted by Crippen LogP contribution is -2.44. The Morgan fingerprint density at radius 3 is 2.48 bits per heavy atom. The van der Waals surface area contributed by atoms with Gasteiger partial charge in [-0.15, -0.1) is 10.2 Å². The van der Waals surface area contributed by atoms with Crippen molar-refractivity contribution in [2.45, 2.75) is 52.6 Å². The molecule has 0 spiro atoms. The number of carbonyl (C=O) groups excluding carboxylic acids is 1. The van der Waals surface area contributed by atoms with Crippen molar-refractivity contribution in [3.05, 3.63) is 47.7 Å². The van der Waals surface area contributed by atoms with E-state index in [1.165, 1.54) is 0 Å². The van der Waals surface area contributed by atoms with E-state index in [2.05, 4.69) is 53.3 Å². The van der Waals surface area contributed by atoms with Crippen molar-refractivity contribution in [3.63, 3.8) is 0 Å². The fourth-order valence-electron chi connectivity index (χ4n) is 3.25. The van der Waals surface area contributed by atoms with Crippen molar-refractivity contribution >= 4 is 5.91 Å². The van der Waals surface area contributed by atoms with E-state index in [1.54, 1.807) is 0 Å². The summed E-state index contributed by atoms with van der Waals surface area (Å²) in [5.74, 6) is 2.06. The number of amides is 1. The van der Waals surface area contributed by atoms with Gasteiger partial charge >= 0.3 is 0 Å². The molecular weight excluding hydrogens is 340 g/mol. The molecular formula is C21H30N4O2. The van der Waals surface area contributed by atoms with Gasteiger partial charge in [-0.3, -0.25) is 9.69 Å². The van der Waals surface area contributed by atoms with Crippen molar-refractivity contribution in [2.75, 3.05) is 13.1 Å². The lowest BCUT2D eigenvalue weighted by atomic mass is 9.95. The van der Waals surface area contributed by atoms with Crippen LogP contribution in [0.15, 0.2) is 34.7 Å². The van der Waals surface area contributed by atoms with Gasteiger partial charge in [-0.05, 0) is 44.3 Å². The lowest BCUT2D eigenvalue weighted by molar-refractivity contribution is -0.127. The molecule has 6 nitrogen and oxygen atoms in total. The molecule has 0 aliphatic carbocycles. The predicted molar refractivity (Wildman–Crippen MR) is 104 cm³/mol. The topological polar surface area (TPSA) is 71.3 Å². The van der Waals surface area contributed by atoms with Gasteiger partial charge in [0.25, 0.3) is 0 Å². The highest BCUT2D eigenvalue weighted by Gasteiger charge is 2.27. The second-order valence-electron chi connectivity index (χ2n) is 7.84.